The Morgan fingerprint density at radius 3 is 2.62 bits per heavy atom. The number of benzene rings is 1. The van der Waals surface area contributed by atoms with Crippen LogP contribution in [0.3, 0.4) is 0 Å². The lowest BCUT2D eigenvalue weighted by Crippen LogP contribution is -1.96. The van der Waals surface area contributed by atoms with Crippen molar-refractivity contribution >= 4 is 17.8 Å². The summed E-state index contributed by atoms with van der Waals surface area (Å²) < 4.78 is 26.4. The topological polar surface area (TPSA) is 60.4 Å². The molecule has 1 fully saturated rings. The second-order valence-corrected chi connectivity index (χ2v) is 5.73. The second kappa shape index (κ2) is 6.39. The van der Waals surface area contributed by atoms with Gasteiger partial charge in [-0.3, -0.25) is 9.20 Å². The Morgan fingerprint density at radius 1 is 1.29 bits per heavy atom. The third kappa shape index (κ3) is 3.13. The highest BCUT2D eigenvalue weighted by Crippen LogP contribution is 2.26. The monoisotopic (exact) mass is 329 g/mol. The second-order valence-electron chi connectivity index (χ2n) is 5.73. The predicted octanol–water partition coefficient (Wildman–Crippen LogP) is 3.96. The predicted molar refractivity (Wildman–Crippen MR) is 89.3 cm³/mol. The van der Waals surface area contributed by atoms with Crippen LogP contribution in [-0.4, -0.2) is 21.8 Å². The molecule has 1 aliphatic carbocycles. The SMILES string of the molecule is Cc1c(F)cccc1-c1ccc2nc(N)c(C=O)n2c1.FC1CC1. The zero-order valence-corrected chi connectivity index (χ0v) is 13.2. The number of hydrogen-bond donors (Lipinski definition) is 1. The summed E-state index contributed by atoms with van der Waals surface area (Å²) in [5, 5.41) is 0. The minimum atomic E-state index is -0.417. The Kier molecular flexibility index (Phi) is 4.29. The molecule has 0 spiro atoms. The van der Waals surface area contributed by atoms with Crippen molar-refractivity contribution < 1.29 is 13.6 Å². The number of carbonyl (C=O) groups is 1. The number of halogens is 2. The van der Waals surface area contributed by atoms with Gasteiger partial charge in [0.2, 0.25) is 0 Å². The van der Waals surface area contributed by atoms with E-state index in [-0.39, 0.29) is 11.6 Å². The zero-order valence-electron chi connectivity index (χ0n) is 13.2. The molecule has 1 aliphatic rings. The highest BCUT2D eigenvalue weighted by Gasteiger charge is 2.18. The van der Waals surface area contributed by atoms with Crippen molar-refractivity contribution in [2.24, 2.45) is 0 Å². The molecule has 0 bridgehead atoms. The van der Waals surface area contributed by atoms with Crippen LogP contribution in [0.1, 0.15) is 28.9 Å². The maximum atomic E-state index is 13.6. The third-order valence-electron chi connectivity index (χ3n) is 3.88. The van der Waals surface area contributed by atoms with Crippen molar-refractivity contribution in [2.45, 2.75) is 25.9 Å². The molecule has 6 heteroatoms. The van der Waals surface area contributed by atoms with E-state index in [9.17, 15) is 13.6 Å². The molecule has 0 atom stereocenters. The maximum absolute atomic E-state index is 13.6. The third-order valence-corrected chi connectivity index (χ3v) is 3.88. The number of aromatic nitrogens is 2. The molecule has 0 radical (unpaired) electrons. The summed E-state index contributed by atoms with van der Waals surface area (Å²) in [7, 11) is 0. The summed E-state index contributed by atoms with van der Waals surface area (Å²) >= 11 is 0. The van der Waals surface area contributed by atoms with Crippen LogP contribution in [0.4, 0.5) is 14.6 Å². The summed E-state index contributed by atoms with van der Waals surface area (Å²) in [5.41, 5.74) is 8.71. The van der Waals surface area contributed by atoms with Crippen LogP contribution in [0.15, 0.2) is 36.5 Å². The summed E-state index contributed by atoms with van der Waals surface area (Å²) in [4.78, 5) is 15.2. The Morgan fingerprint density at radius 2 is 2.00 bits per heavy atom. The van der Waals surface area contributed by atoms with Crippen LogP contribution >= 0.6 is 0 Å². The minimum Gasteiger partial charge on any atom is -0.382 e. The van der Waals surface area contributed by atoms with Gasteiger partial charge >= 0.3 is 0 Å². The van der Waals surface area contributed by atoms with Gasteiger partial charge in [-0.2, -0.15) is 0 Å². The number of aldehydes is 1. The maximum Gasteiger partial charge on any atom is 0.170 e. The van der Waals surface area contributed by atoms with Gasteiger partial charge in [0.25, 0.3) is 0 Å². The van der Waals surface area contributed by atoms with Crippen LogP contribution < -0.4 is 5.73 Å². The van der Waals surface area contributed by atoms with Gasteiger partial charge in [-0.25, -0.2) is 13.8 Å². The molecule has 2 aromatic heterocycles. The molecular weight excluding hydrogens is 312 g/mol. The van der Waals surface area contributed by atoms with Crippen molar-refractivity contribution in [3.63, 3.8) is 0 Å². The van der Waals surface area contributed by atoms with Crippen LogP contribution in [0.5, 0.6) is 0 Å². The molecule has 0 saturated heterocycles. The number of fused-ring (bicyclic) bond motifs is 1. The van der Waals surface area contributed by atoms with Crippen LogP contribution in [0.2, 0.25) is 0 Å². The first kappa shape index (κ1) is 16.1. The van der Waals surface area contributed by atoms with E-state index in [4.69, 9.17) is 5.73 Å². The first-order valence-electron chi connectivity index (χ1n) is 7.63. The van der Waals surface area contributed by atoms with E-state index in [2.05, 4.69) is 4.98 Å². The highest BCUT2D eigenvalue weighted by atomic mass is 19.1. The summed E-state index contributed by atoms with van der Waals surface area (Å²) in [5.74, 6) is -0.0727. The summed E-state index contributed by atoms with van der Waals surface area (Å²) in [6.07, 6.45) is 3.63. The van der Waals surface area contributed by atoms with Crippen molar-refractivity contribution in [1.29, 1.82) is 0 Å². The first-order chi connectivity index (χ1) is 11.5. The number of nitrogens with zero attached hydrogens (tertiary/aromatic N) is 2. The molecule has 24 heavy (non-hydrogen) atoms. The standard InChI is InChI=1S/C15H12FN3O.C3H5F/c1-9-11(3-2-4-12(9)16)10-5-6-14-18-15(17)13(8-20)19(14)7-10;4-3-1-2-3/h2-8H,17H2,1H3;3H,1-2H2. The molecule has 0 unspecified atom stereocenters. The van der Waals surface area contributed by atoms with Crippen LogP contribution in [0, 0.1) is 12.7 Å². The molecule has 124 valence electrons. The van der Waals surface area contributed by atoms with Crippen molar-refractivity contribution in [3.05, 3.63) is 53.6 Å². The number of nitrogen functional groups attached to an aromatic ring is 1. The quantitative estimate of drug-likeness (QED) is 0.724. The lowest BCUT2D eigenvalue weighted by Gasteiger charge is -2.07. The van der Waals surface area contributed by atoms with E-state index in [1.54, 1.807) is 29.7 Å². The fraction of sp³-hybridized carbons (Fsp3) is 0.222. The number of alkyl halides is 1. The van der Waals surface area contributed by atoms with E-state index >= 15 is 0 Å². The molecule has 1 aromatic carbocycles. The average Bonchev–Trinajstić information content (AvgIpc) is 3.28. The smallest absolute Gasteiger partial charge is 0.170 e. The fourth-order valence-corrected chi connectivity index (χ4v) is 2.34. The zero-order chi connectivity index (χ0) is 17.3. The highest BCUT2D eigenvalue weighted by molar-refractivity contribution is 5.82. The molecule has 3 aromatic rings. The number of rotatable bonds is 2. The molecule has 4 rings (SSSR count). The summed E-state index contributed by atoms with van der Waals surface area (Å²) in [6.45, 7) is 1.72. The lowest BCUT2D eigenvalue weighted by molar-refractivity contribution is 0.111. The summed E-state index contributed by atoms with van der Waals surface area (Å²) in [6, 6.07) is 8.50. The number of imidazole rings is 1. The van der Waals surface area contributed by atoms with E-state index < -0.39 is 6.17 Å². The number of hydrogen-bond acceptors (Lipinski definition) is 3. The van der Waals surface area contributed by atoms with Gasteiger partial charge in [0, 0.05) is 6.20 Å². The van der Waals surface area contributed by atoms with Gasteiger partial charge in [-0.15, -0.1) is 0 Å². The number of nitrogens with two attached hydrogens (primary N) is 1. The van der Waals surface area contributed by atoms with Crippen molar-refractivity contribution in [1.82, 2.24) is 9.38 Å². The number of carbonyl (C=O) groups excluding carboxylic acids is 1. The Labute approximate surface area is 137 Å². The minimum absolute atomic E-state index is 0.188. The lowest BCUT2D eigenvalue weighted by atomic mass is 10.0. The van der Waals surface area contributed by atoms with Gasteiger partial charge in [0.15, 0.2) is 12.1 Å². The molecule has 4 nitrogen and oxygen atoms in total. The Balaban J connectivity index is 0.000000370. The van der Waals surface area contributed by atoms with E-state index in [0.717, 1.165) is 24.0 Å². The molecule has 0 amide bonds. The van der Waals surface area contributed by atoms with Crippen molar-refractivity contribution in [2.75, 3.05) is 5.73 Å². The largest absolute Gasteiger partial charge is 0.382 e. The average molecular weight is 329 g/mol. The molecular formula is C18H17F2N3O. The molecule has 0 aliphatic heterocycles. The first-order valence-corrected chi connectivity index (χ1v) is 7.63. The van der Waals surface area contributed by atoms with Crippen LogP contribution in [-0.2, 0) is 0 Å². The van der Waals surface area contributed by atoms with Gasteiger partial charge in [0.1, 0.15) is 23.3 Å². The molecule has 2 N–H and O–H groups in total. The van der Waals surface area contributed by atoms with Gasteiger partial charge in [-0.05, 0) is 54.7 Å². The van der Waals surface area contributed by atoms with Gasteiger partial charge in [-0.1, -0.05) is 12.1 Å². The number of pyridine rings is 1. The molecule has 1 saturated carbocycles. The van der Waals surface area contributed by atoms with E-state index in [1.165, 1.54) is 6.07 Å². The number of anilines is 1. The van der Waals surface area contributed by atoms with Gasteiger partial charge < -0.3 is 5.73 Å². The van der Waals surface area contributed by atoms with Crippen molar-refractivity contribution in [3.8, 4) is 11.1 Å². The van der Waals surface area contributed by atoms with Gasteiger partial charge in [0.05, 0.1) is 0 Å². The fourth-order valence-electron chi connectivity index (χ4n) is 2.34. The Bertz CT molecular complexity index is 901. The Hall–Kier alpha value is -2.76. The normalized spacial score (nSPS) is 13.5. The van der Waals surface area contributed by atoms with E-state index in [1.807, 2.05) is 12.1 Å². The van der Waals surface area contributed by atoms with Crippen LogP contribution in [0.25, 0.3) is 16.8 Å². The molecule has 2 heterocycles. The van der Waals surface area contributed by atoms with E-state index in [0.29, 0.717) is 23.2 Å².